The Labute approximate surface area is 93.3 Å². The maximum atomic E-state index is 13.4. The monoisotopic (exact) mass is 227 g/mol. The van der Waals surface area contributed by atoms with Crippen LogP contribution in [0, 0.1) is 17.6 Å². The smallest absolute Gasteiger partial charge is 0.133 e. The average Bonchev–Trinajstić information content (AvgIpc) is 2.25. The topological polar surface area (TPSA) is 32.3 Å². The first kappa shape index (κ1) is 11.3. The van der Waals surface area contributed by atoms with Gasteiger partial charge in [0.25, 0.3) is 0 Å². The maximum absolute atomic E-state index is 13.4. The molecule has 1 atom stereocenters. The molecule has 1 aliphatic heterocycles. The maximum Gasteiger partial charge on any atom is 0.133 e. The van der Waals surface area contributed by atoms with Crippen LogP contribution in [0.2, 0.25) is 0 Å². The van der Waals surface area contributed by atoms with Gasteiger partial charge in [-0.15, -0.1) is 0 Å². The van der Waals surface area contributed by atoms with Crippen LogP contribution in [0.1, 0.15) is 18.4 Å². The highest BCUT2D eigenvalue weighted by Crippen LogP contribution is 2.26. The lowest BCUT2D eigenvalue weighted by molar-refractivity contribution is 0.363. The van der Waals surface area contributed by atoms with Crippen molar-refractivity contribution in [3.63, 3.8) is 0 Å². The summed E-state index contributed by atoms with van der Waals surface area (Å²) in [5.41, 5.74) is 0.232. The molecule has 88 valence electrons. The Kier molecular flexibility index (Phi) is 3.39. The van der Waals surface area contributed by atoms with E-state index in [0.717, 1.165) is 38.1 Å². The van der Waals surface area contributed by atoms with Crippen LogP contribution in [0.5, 0.6) is 5.75 Å². The number of benzene rings is 1. The summed E-state index contributed by atoms with van der Waals surface area (Å²) in [6.07, 6.45) is 2.54. The zero-order chi connectivity index (χ0) is 11.5. The van der Waals surface area contributed by atoms with Crippen molar-refractivity contribution in [3.05, 3.63) is 29.3 Å². The lowest BCUT2D eigenvalue weighted by Gasteiger charge is -2.23. The number of hydrogen-bond donors (Lipinski definition) is 2. The Balaban J connectivity index is 2.14. The number of phenols is 1. The van der Waals surface area contributed by atoms with Crippen LogP contribution < -0.4 is 5.32 Å². The fourth-order valence-corrected chi connectivity index (χ4v) is 2.18. The average molecular weight is 227 g/mol. The molecule has 1 saturated heterocycles. The molecule has 1 unspecified atom stereocenters. The molecule has 2 rings (SSSR count). The Morgan fingerprint density at radius 2 is 2.19 bits per heavy atom. The Hall–Kier alpha value is -1.16. The Morgan fingerprint density at radius 3 is 2.81 bits per heavy atom. The molecule has 2 nitrogen and oxygen atoms in total. The van der Waals surface area contributed by atoms with Crippen LogP contribution in [-0.4, -0.2) is 18.2 Å². The molecule has 0 radical (unpaired) electrons. The molecular formula is C12H15F2NO. The Morgan fingerprint density at radius 1 is 1.38 bits per heavy atom. The summed E-state index contributed by atoms with van der Waals surface area (Å²) in [6, 6.07) is 1.79. The van der Waals surface area contributed by atoms with Crippen molar-refractivity contribution >= 4 is 0 Å². The van der Waals surface area contributed by atoms with Gasteiger partial charge in [0.15, 0.2) is 0 Å². The summed E-state index contributed by atoms with van der Waals surface area (Å²) in [5.74, 6) is -1.34. The van der Waals surface area contributed by atoms with Gasteiger partial charge in [-0.25, -0.2) is 8.78 Å². The van der Waals surface area contributed by atoms with Gasteiger partial charge in [0, 0.05) is 17.7 Å². The predicted octanol–water partition coefficient (Wildman–Crippen LogP) is 2.21. The first-order chi connectivity index (χ1) is 7.66. The minimum absolute atomic E-state index is 0.232. The van der Waals surface area contributed by atoms with E-state index in [1.54, 1.807) is 0 Å². The molecule has 1 fully saturated rings. The first-order valence-electron chi connectivity index (χ1n) is 5.54. The number of rotatable bonds is 2. The van der Waals surface area contributed by atoms with Gasteiger partial charge in [0.2, 0.25) is 0 Å². The zero-order valence-electron chi connectivity index (χ0n) is 8.97. The van der Waals surface area contributed by atoms with Crippen LogP contribution in [0.25, 0.3) is 0 Å². The second-order valence-corrected chi connectivity index (χ2v) is 4.30. The fourth-order valence-electron chi connectivity index (χ4n) is 2.18. The number of aromatic hydroxyl groups is 1. The van der Waals surface area contributed by atoms with Crippen LogP contribution in [0.15, 0.2) is 12.1 Å². The van der Waals surface area contributed by atoms with Gasteiger partial charge in [-0.05, 0) is 38.3 Å². The van der Waals surface area contributed by atoms with Gasteiger partial charge in [0.1, 0.15) is 17.4 Å². The van der Waals surface area contributed by atoms with E-state index in [9.17, 15) is 13.9 Å². The standard InChI is InChI=1S/C12H15F2NO/c13-9-5-11(14)10(12(16)6-9)4-8-2-1-3-15-7-8/h5-6,8,15-16H,1-4,7H2. The third kappa shape index (κ3) is 2.50. The van der Waals surface area contributed by atoms with E-state index in [-0.39, 0.29) is 11.3 Å². The van der Waals surface area contributed by atoms with Crippen LogP contribution in [0.3, 0.4) is 0 Å². The summed E-state index contributed by atoms with van der Waals surface area (Å²) >= 11 is 0. The summed E-state index contributed by atoms with van der Waals surface area (Å²) < 4.78 is 26.2. The molecule has 4 heteroatoms. The van der Waals surface area contributed by atoms with Crippen molar-refractivity contribution in [3.8, 4) is 5.75 Å². The zero-order valence-corrected chi connectivity index (χ0v) is 8.97. The number of hydrogen-bond acceptors (Lipinski definition) is 2. The quantitative estimate of drug-likeness (QED) is 0.812. The van der Waals surface area contributed by atoms with E-state index in [2.05, 4.69) is 5.32 Å². The lowest BCUT2D eigenvalue weighted by atomic mass is 9.91. The lowest BCUT2D eigenvalue weighted by Crippen LogP contribution is -2.31. The second-order valence-electron chi connectivity index (χ2n) is 4.30. The Bertz CT molecular complexity index is 352. The van der Waals surface area contributed by atoms with Gasteiger partial charge >= 0.3 is 0 Å². The summed E-state index contributed by atoms with van der Waals surface area (Å²) in [4.78, 5) is 0. The number of nitrogens with one attached hydrogen (secondary N) is 1. The molecule has 0 spiro atoms. The van der Waals surface area contributed by atoms with Gasteiger partial charge < -0.3 is 10.4 Å². The third-order valence-corrected chi connectivity index (χ3v) is 3.03. The molecule has 1 heterocycles. The van der Waals surface area contributed by atoms with Gasteiger partial charge in [0.05, 0.1) is 0 Å². The van der Waals surface area contributed by atoms with Crippen molar-refractivity contribution in [2.75, 3.05) is 13.1 Å². The molecule has 2 N–H and O–H groups in total. The summed E-state index contributed by atoms with van der Waals surface area (Å²) in [6.45, 7) is 1.82. The van der Waals surface area contributed by atoms with Crippen molar-refractivity contribution < 1.29 is 13.9 Å². The summed E-state index contributed by atoms with van der Waals surface area (Å²) in [7, 11) is 0. The third-order valence-electron chi connectivity index (χ3n) is 3.03. The summed E-state index contributed by atoms with van der Waals surface area (Å²) in [5, 5.41) is 12.7. The van der Waals surface area contributed by atoms with Gasteiger partial charge in [-0.2, -0.15) is 0 Å². The normalized spacial score (nSPS) is 21.0. The molecule has 0 amide bonds. The van der Waals surface area contributed by atoms with Gasteiger partial charge in [-0.3, -0.25) is 0 Å². The molecule has 0 aliphatic carbocycles. The molecule has 16 heavy (non-hydrogen) atoms. The first-order valence-corrected chi connectivity index (χ1v) is 5.54. The van der Waals surface area contributed by atoms with Gasteiger partial charge in [-0.1, -0.05) is 0 Å². The SMILES string of the molecule is Oc1cc(F)cc(F)c1CC1CCCNC1. The molecular weight excluding hydrogens is 212 g/mol. The van der Waals surface area contributed by atoms with Crippen LogP contribution in [0.4, 0.5) is 8.78 Å². The van der Waals surface area contributed by atoms with E-state index in [1.807, 2.05) is 0 Å². The molecule has 0 saturated carbocycles. The fraction of sp³-hybridized carbons (Fsp3) is 0.500. The highest BCUT2D eigenvalue weighted by atomic mass is 19.1. The minimum Gasteiger partial charge on any atom is -0.507 e. The van der Waals surface area contributed by atoms with Crippen molar-refractivity contribution in [2.24, 2.45) is 5.92 Å². The number of piperidine rings is 1. The van der Waals surface area contributed by atoms with Crippen molar-refractivity contribution in [1.82, 2.24) is 5.32 Å². The highest BCUT2D eigenvalue weighted by molar-refractivity contribution is 5.34. The molecule has 1 aromatic carbocycles. The number of phenolic OH excluding ortho intramolecular Hbond substituents is 1. The van der Waals surface area contributed by atoms with Crippen LogP contribution in [-0.2, 0) is 6.42 Å². The molecule has 1 aliphatic rings. The largest absolute Gasteiger partial charge is 0.507 e. The molecule has 0 aromatic heterocycles. The highest BCUT2D eigenvalue weighted by Gasteiger charge is 2.18. The number of halogens is 2. The van der Waals surface area contributed by atoms with E-state index in [4.69, 9.17) is 0 Å². The molecule has 0 bridgehead atoms. The predicted molar refractivity (Wildman–Crippen MR) is 57.3 cm³/mol. The van der Waals surface area contributed by atoms with E-state index < -0.39 is 11.6 Å². The molecule has 1 aromatic rings. The van der Waals surface area contributed by atoms with Crippen molar-refractivity contribution in [2.45, 2.75) is 19.3 Å². The van der Waals surface area contributed by atoms with Crippen LogP contribution >= 0.6 is 0 Å². The van der Waals surface area contributed by atoms with Crippen molar-refractivity contribution in [1.29, 1.82) is 0 Å². The van der Waals surface area contributed by atoms with E-state index >= 15 is 0 Å². The minimum atomic E-state index is -0.736. The van der Waals surface area contributed by atoms with E-state index in [0.29, 0.717) is 12.3 Å². The van der Waals surface area contributed by atoms with E-state index in [1.165, 1.54) is 0 Å². The second kappa shape index (κ2) is 4.78.